The molecule has 0 amide bonds. The lowest BCUT2D eigenvalue weighted by molar-refractivity contribution is 0.171. The number of rotatable bonds is 1. The summed E-state index contributed by atoms with van der Waals surface area (Å²) < 4.78 is 11.3. The van der Waals surface area contributed by atoms with E-state index in [0.717, 1.165) is 24.5 Å². The number of para-hydroxylation sites is 1. The van der Waals surface area contributed by atoms with Crippen molar-refractivity contribution in [3.8, 4) is 11.5 Å². The predicted octanol–water partition coefficient (Wildman–Crippen LogP) is 3.41. The van der Waals surface area contributed by atoms with E-state index in [1.807, 2.05) is 6.07 Å². The normalized spacial score (nSPS) is 19.9. The average Bonchev–Trinajstić information content (AvgIpc) is 2.54. The van der Waals surface area contributed by atoms with Gasteiger partial charge in [0, 0.05) is 18.2 Å². The molecule has 1 unspecified atom stereocenters. The molecule has 0 aliphatic carbocycles. The van der Waals surface area contributed by atoms with Crippen molar-refractivity contribution in [1.29, 1.82) is 0 Å². The molecule has 1 N–H and O–H groups in total. The van der Waals surface area contributed by atoms with Crippen LogP contribution in [0.15, 0.2) is 42.5 Å². The van der Waals surface area contributed by atoms with Crippen molar-refractivity contribution in [2.24, 2.45) is 0 Å². The fraction of sp³-hybridized carbons (Fsp3) is 0.294. The highest BCUT2D eigenvalue weighted by atomic mass is 16.6. The Morgan fingerprint density at radius 1 is 0.950 bits per heavy atom. The summed E-state index contributed by atoms with van der Waals surface area (Å²) in [7, 11) is 0. The number of nitrogens with one attached hydrogen (secondary N) is 1. The van der Waals surface area contributed by atoms with Crippen molar-refractivity contribution in [2.45, 2.75) is 12.3 Å². The molecule has 2 aromatic rings. The Balaban J connectivity index is 1.75. The summed E-state index contributed by atoms with van der Waals surface area (Å²) in [4.78, 5) is 0. The first-order chi connectivity index (χ1) is 9.92. The van der Waals surface area contributed by atoms with Gasteiger partial charge in [-0.05, 0) is 35.7 Å². The largest absolute Gasteiger partial charge is 0.486 e. The SMILES string of the molecule is c1ccc2c(c1)NCCC2c1ccc2c(c1)OCCO2. The standard InChI is InChI=1S/C17H17NO2/c1-2-4-15-14(3-1)13(7-8-18-15)12-5-6-16-17(11-12)20-10-9-19-16/h1-6,11,13,18H,7-10H2. The molecular formula is C17H17NO2. The van der Waals surface area contributed by atoms with E-state index in [2.05, 4.69) is 41.7 Å². The third kappa shape index (κ3) is 1.90. The lowest BCUT2D eigenvalue weighted by Gasteiger charge is -2.28. The van der Waals surface area contributed by atoms with Crippen molar-refractivity contribution >= 4 is 5.69 Å². The van der Waals surface area contributed by atoms with Gasteiger partial charge in [-0.25, -0.2) is 0 Å². The van der Waals surface area contributed by atoms with E-state index in [1.54, 1.807) is 0 Å². The fourth-order valence-electron chi connectivity index (χ4n) is 3.09. The van der Waals surface area contributed by atoms with E-state index in [1.165, 1.54) is 16.8 Å². The van der Waals surface area contributed by atoms with Crippen molar-refractivity contribution in [2.75, 3.05) is 25.1 Å². The van der Waals surface area contributed by atoms with Crippen LogP contribution in [0, 0.1) is 0 Å². The Hall–Kier alpha value is -2.16. The Morgan fingerprint density at radius 2 is 1.80 bits per heavy atom. The Morgan fingerprint density at radius 3 is 2.75 bits per heavy atom. The lowest BCUT2D eigenvalue weighted by Crippen LogP contribution is -2.19. The van der Waals surface area contributed by atoms with Crippen molar-refractivity contribution < 1.29 is 9.47 Å². The van der Waals surface area contributed by atoms with E-state index in [-0.39, 0.29) is 0 Å². The maximum atomic E-state index is 5.70. The second-order valence-corrected chi connectivity index (χ2v) is 5.26. The number of ether oxygens (including phenoxy) is 2. The third-order valence-corrected chi connectivity index (χ3v) is 4.05. The quantitative estimate of drug-likeness (QED) is 0.859. The van der Waals surface area contributed by atoms with Gasteiger partial charge in [-0.1, -0.05) is 24.3 Å². The zero-order chi connectivity index (χ0) is 13.4. The average molecular weight is 267 g/mol. The van der Waals surface area contributed by atoms with Crippen molar-refractivity contribution in [3.63, 3.8) is 0 Å². The molecule has 3 heteroatoms. The molecule has 0 aromatic heterocycles. The molecule has 102 valence electrons. The highest BCUT2D eigenvalue weighted by molar-refractivity contribution is 5.58. The van der Waals surface area contributed by atoms with Gasteiger partial charge < -0.3 is 14.8 Å². The first-order valence-corrected chi connectivity index (χ1v) is 7.14. The Kier molecular flexibility index (Phi) is 2.76. The fourth-order valence-corrected chi connectivity index (χ4v) is 3.09. The molecule has 2 heterocycles. The van der Waals surface area contributed by atoms with E-state index in [0.29, 0.717) is 19.1 Å². The number of hydrogen-bond donors (Lipinski definition) is 1. The maximum absolute atomic E-state index is 5.70. The van der Waals surface area contributed by atoms with Crippen LogP contribution in [0.4, 0.5) is 5.69 Å². The van der Waals surface area contributed by atoms with Crippen LogP contribution in [-0.2, 0) is 0 Å². The number of anilines is 1. The predicted molar refractivity (Wildman–Crippen MR) is 78.8 cm³/mol. The molecule has 0 fully saturated rings. The summed E-state index contributed by atoms with van der Waals surface area (Å²) in [5.41, 5.74) is 3.93. The highest BCUT2D eigenvalue weighted by Crippen LogP contribution is 2.40. The second kappa shape index (κ2) is 4.75. The molecule has 2 aliphatic heterocycles. The molecule has 0 saturated heterocycles. The van der Waals surface area contributed by atoms with Gasteiger partial charge >= 0.3 is 0 Å². The molecule has 0 radical (unpaired) electrons. The Labute approximate surface area is 118 Å². The molecule has 2 aliphatic rings. The molecule has 0 bridgehead atoms. The zero-order valence-corrected chi connectivity index (χ0v) is 11.3. The van der Waals surface area contributed by atoms with Crippen LogP contribution in [-0.4, -0.2) is 19.8 Å². The lowest BCUT2D eigenvalue weighted by atomic mass is 9.85. The van der Waals surface area contributed by atoms with Gasteiger partial charge in [0.05, 0.1) is 0 Å². The summed E-state index contributed by atoms with van der Waals surface area (Å²) in [6.45, 7) is 2.29. The smallest absolute Gasteiger partial charge is 0.161 e. The zero-order valence-electron chi connectivity index (χ0n) is 11.3. The van der Waals surface area contributed by atoms with Crippen LogP contribution in [0.2, 0.25) is 0 Å². The topological polar surface area (TPSA) is 30.5 Å². The van der Waals surface area contributed by atoms with Gasteiger partial charge in [0.25, 0.3) is 0 Å². The first-order valence-electron chi connectivity index (χ1n) is 7.14. The van der Waals surface area contributed by atoms with E-state index < -0.39 is 0 Å². The first kappa shape index (κ1) is 11.6. The van der Waals surface area contributed by atoms with Gasteiger partial charge in [-0.3, -0.25) is 0 Å². The molecule has 0 spiro atoms. The molecule has 4 rings (SSSR count). The molecular weight excluding hydrogens is 250 g/mol. The minimum atomic E-state index is 0.434. The van der Waals surface area contributed by atoms with Crippen LogP contribution in [0.25, 0.3) is 0 Å². The van der Waals surface area contributed by atoms with E-state index >= 15 is 0 Å². The van der Waals surface area contributed by atoms with Gasteiger partial charge in [0.15, 0.2) is 11.5 Å². The third-order valence-electron chi connectivity index (χ3n) is 4.05. The highest BCUT2D eigenvalue weighted by Gasteiger charge is 2.23. The molecule has 0 saturated carbocycles. The monoisotopic (exact) mass is 267 g/mol. The van der Waals surface area contributed by atoms with Crippen molar-refractivity contribution in [1.82, 2.24) is 0 Å². The number of benzene rings is 2. The minimum absolute atomic E-state index is 0.434. The molecule has 20 heavy (non-hydrogen) atoms. The van der Waals surface area contributed by atoms with Crippen LogP contribution in [0.5, 0.6) is 11.5 Å². The summed E-state index contributed by atoms with van der Waals surface area (Å²) in [5.74, 6) is 2.18. The summed E-state index contributed by atoms with van der Waals surface area (Å²) in [6.07, 6.45) is 1.11. The Bertz CT molecular complexity index is 639. The molecule has 2 aromatic carbocycles. The maximum Gasteiger partial charge on any atom is 0.161 e. The van der Waals surface area contributed by atoms with Crippen LogP contribution in [0.3, 0.4) is 0 Å². The van der Waals surface area contributed by atoms with Crippen LogP contribution >= 0.6 is 0 Å². The number of hydrogen-bond acceptors (Lipinski definition) is 3. The van der Waals surface area contributed by atoms with E-state index in [9.17, 15) is 0 Å². The van der Waals surface area contributed by atoms with Gasteiger partial charge in [-0.15, -0.1) is 0 Å². The summed E-state index contributed by atoms with van der Waals surface area (Å²) >= 11 is 0. The summed E-state index contributed by atoms with van der Waals surface area (Å²) in [6, 6.07) is 14.9. The summed E-state index contributed by atoms with van der Waals surface area (Å²) in [5, 5.41) is 3.47. The minimum Gasteiger partial charge on any atom is -0.486 e. The molecule has 1 atom stereocenters. The van der Waals surface area contributed by atoms with Crippen molar-refractivity contribution in [3.05, 3.63) is 53.6 Å². The van der Waals surface area contributed by atoms with Crippen LogP contribution in [0.1, 0.15) is 23.5 Å². The van der Waals surface area contributed by atoms with Gasteiger partial charge in [-0.2, -0.15) is 0 Å². The van der Waals surface area contributed by atoms with Gasteiger partial charge in [0.1, 0.15) is 13.2 Å². The van der Waals surface area contributed by atoms with Gasteiger partial charge in [0.2, 0.25) is 0 Å². The number of fused-ring (bicyclic) bond motifs is 2. The van der Waals surface area contributed by atoms with Crippen LogP contribution < -0.4 is 14.8 Å². The van der Waals surface area contributed by atoms with E-state index in [4.69, 9.17) is 9.47 Å². The second-order valence-electron chi connectivity index (χ2n) is 5.26. The molecule has 3 nitrogen and oxygen atoms in total.